The molecular formula is C13H19N3O2. The fourth-order valence-electron chi connectivity index (χ4n) is 2.28. The van der Waals surface area contributed by atoms with Crippen molar-refractivity contribution < 1.29 is 9.90 Å². The maximum Gasteiger partial charge on any atom is 0.254 e. The Hall–Kier alpha value is -1.75. The molecule has 98 valence electrons. The van der Waals surface area contributed by atoms with E-state index in [1.54, 1.807) is 12.1 Å². The molecule has 1 saturated heterocycles. The van der Waals surface area contributed by atoms with E-state index in [0.29, 0.717) is 12.1 Å². The predicted octanol–water partition coefficient (Wildman–Crippen LogP) is 0.750. The number of nitrogens with two attached hydrogens (primary N) is 1. The number of hydrogen-bond acceptors (Lipinski definition) is 4. The monoisotopic (exact) mass is 249 g/mol. The fraction of sp³-hybridized carbons (Fsp3) is 0.462. The largest absolute Gasteiger partial charge is 0.506 e. The number of phenols is 1. The van der Waals surface area contributed by atoms with Crippen molar-refractivity contribution >= 4 is 11.6 Å². The maximum atomic E-state index is 12.3. The van der Waals surface area contributed by atoms with Gasteiger partial charge >= 0.3 is 0 Å². The second-order valence-electron chi connectivity index (χ2n) is 4.88. The zero-order valence-electron chi connectivity index (χ0n) is 10.8. The molecule has 18 heavy (non-hydrogen) atoms. The van der Waals surface area contributed by atoms with Crippen LogP contribution >= 0.6 is 0 Å². The highest BCUT2D eigenvalue weighted by Gasteiger charge is 2.26. The summed E-state index contributed by atoms with van der Waals surface area (Å²) in [4.78, 5) is 16.4. The average molecular weight is 249 g/mol. The summed E-state index contributed by atoms with van der Waals surface area (Å²) in [7, 11) is 2.05. The van der Waals surface area contributed by atoms with Crippen LogP contribution in [0.15, 0.2) is 18.2 Å². The van der Waals surface area contributed by atoms with Gasteiger partial charge in [-0.25, -0.2) is 0 Å². The summed E-state index contributed by atoms with van der Waals surface area (Å²) in [6, 6.07) is 4.82. The molecule has 1 aliphatic heterocycles. The second-order valence-corrected chi connectivity index (χ2v) is 4.88. The standard InChI is InChI=1S/C13H19N3O2/c1-9-8-15(2)5-6-16(9)13(18)10-3-4-11(14)12(17)7-10/h3-4,7,9,17H,5-6,8,14H2,1-2H3. The number of aromatic hydroxyl groups is 1. The van der Waals surface area contributed by atoms with E-state index in [1.165, 1.54) is 6.07 Å². The van der Waals surface area contributed by atoms with Gasteiger partial charge in [0.15, 0.2) is 0 Å². The summed E-state index contributed by atoms with van der Waals surface area (Å²) >= 11 is 0. The van der Waals surface area contributed by atoms with Gasteiger partial charge < -0.3 is 20.6 Å². The van der Waals surface area contributed by atoms with Crippen molar-refractivity contribution in [3.63, 3.8) is 0 Å². The first-order valence-corrected chi connectivity index (χ1v) is 6.07. The van der Waals surface area contributed by atoms with E-state index in [-0.39, 0.29) is 23.4 Å². The Labute approximate surface area is 107 Å². The minimum Gasteiger partial charge on any atom is -0.506 e. The third-order valence-electron chi connectivity index (χ3n) is 3.37. The summed E-state index contributed by atoms with van der Waals surface area (Å²) in [5.74, 6) is -0.0893. The third-order valence-corrected chi connectivity index (χ3v) is 3.37. The average Bonchev–Trinajstić information content (AvgIpc) is 2.32. The zero-order valence-corrected chi connectivity index (χ0v) is 10.8. The molecule has 2 rings (SSSR count). The number of hydrogen-bond donors (Lipinski definition) is 2. The Morgan fingerprint density at radius 2 is 2.17 bits per heavy atom. The number of rotatable bonds is 1. The van der Waals surface area contributed by atoms with Crippen LogP contribution in [0.3, 0.4) is 0 Å². The van der Waals surface area contributed by atoms with E-state index in [0.717, 1.165) is 13.1 Å². The zero-order chi connectivity index (χ0) is 13.3. The van der Waals surface area contributed by atoms with Gasteiger partial charge in [0.05, 0.1) is 5.69 Å². The van der Waals surface area contributed by atoms with Gasteiger partial charge in [-0.3, -0.25) is 4.79 Å². The maximum absolute atomic E-state index is 12.3. The van der Waals surface area contributed by atoms with Crippen LogP contribution in [-0.2, 0) is 0 Å². The van der Waals surface area contributed by atoms with Crippen LogP contribution in [0.5, 0.6) is 5.75 Å². The highest BCUT2D eigenvalue weighted by Crippen LogP contribution is 2.22. The van der Waals surface area contributed by atoms with Gasteiger partial charge in [-0.2, -0.15) is 0 Å². The van der Waals surface area contributed by atoms with Gasteiger partial charge in [-0.05, 0) is 32.2 Å². The van der Waals surface area contributed by atoms with Crippen molar-refractivity contribution in [2.75, 3.05) is 32.4 Å². The number of nitrogen functional groups attached to an aromatic ring is 1. The summed E-state index contributed by atoms with van der Waals surface area (Å²) in [6.07, 6.45) is 0. The molecule has 0 saturated carbocycles. The molecule has 0 spiro atoms. The van der Waals surface area contributed by atoms with Crippen molar-refractivity contribution in [2.24, 2.45) is 0 Å². The number of piperazine rings is 1. The Kier molecular flexibility index (Phi) is 3.43. The molecule has 5 nitrogen and oxygen atoms in total. The first kappa shape index (κ1) is 12.7. The lowest BCUT2D eigenvalue weighted by Gasteiger charge is -2.38. The van der Waals surface area contributed by atoms with E-state index < -0.39 is 0 Å². The number of nitrogens with zero attached hydrogens (tertiary/aromatic N) is 2. The van der Waals surface area contributed by atoms with Crippen molar-refractivity contribution in [3.8, 4) is 5.75 Å². The van der Waals surface area contributed by atoms with Crippen molar-refractivity contribution in [3.05, 3.63) is 23.8 Å². The summed E-state index contributed by atoms with van der Waals surface area (Å²) in [6.45, 7) is 4.48. The highest BCUT2D eigenvalue weighted by molar-refractivity contribution is 5.95. The molecule has 5 heteroatoms. The lowest BCUT2D eigenvalue weighted by atomic mass is 10.1. The van der Waals surface area contributed by atoms with Gasteiger partial charge in [0.25, 0.3) is 5.91 Å². The summed E-state index contributed by atoms with van der Waals surface area (Å²) in [5, 5.41) is 9.55. The molecule has 1 amide bonds. The highest BCUT2D eigenvalue weighted by atomic mass is 16.3. The van der Waals surface area contributed by atoms with Crippen molar-refractivity contribution in [1.29, 1.82) is 0 Å². The number of anilines is 1. The van der Waals surface area contributed by atoms with E-state index >= 15 is 0 Å². The summed E-state index contributed by atoms with van der Waals surface area (Å²) in [5.41, 5.74) is 6.31. The van der Waals surface area contributed by atoms with E-state index in [4.69, 9.17) is 5.73 Å². The molecule has 1 fully saturated rings. The van der Waals surface area contributed by atoms with E-state index in [1.807, 2.05) is 18.9 Å². The molecule has 0 bridgehead atoms. The van der Waals surface area contributed by atoms with Gasteiger partial charge in [-0.1, -0.05) is 0 Å². The molecule has 1 atom stereocenters. The molecule has 1 unspecified atom stereocenters. The van der Waals surface area contributed by atoms with E-state index in [2.05, 4.69) is 4.90 Å². The van der Waals surface area contributed by atoms with Crippen LogP contribution in [0.1, 0.15) is 17.3 Å². The molecule has 1 aromatic rings. The predicted molar refractivity (Wildman–Crippen MR) is 70.5 cm³/mol. The van der Waals surface area contributed by atoms with Gasteiger partial charge in [0.1, 0.15) is 5.75 Å². The lowest BCUT2D eigenvalue weighted by molar-refractivity contribution is 0.0533. The topological polar surface area (TPSA) is 69.8 Å². The number of likely N-dealkylation sites (N-methyl/N-ethyl adjacent to an activating group) is 1. The number of amides is 1. The second kappa shape index (κ2) is 4.86. The van der Waals surface area contributed by atoms with Crippen LogP contribution in [0.2, 0.25) is 0 Å². The molecule has 0 aromatic heterocycles. The van der Waals surface area contributed by atoms with Crippen molar-refractivity contribution in [2.45, 2.75) is 13.0 Å². The van der Waals surface area contributed by atoms with Crippen LogP contribution in [0.25, 0.3) is 0 Å². The van der Waals surface area contributed by atoms with Crippen LogP contribution in [-0.4, -0.2) is 53.5 Å². The molecule has 1 heterocycles. The number of carbonyl (C=O) groups is 1. The first-order chi connectivity index (χ1) is 8.49. The Morgan fingerprint density at radius 1 is 1.44 bits per heavy atom. The first-order valence-electron chi connectivity index (χ1n) is 6.07. The normalized spacial score (nSPS) is 21.0. The van der Waals surface area contributed by atoms with Crippen LogP contribution in [0.4, 0.5) is 5.69 Å². The van der Waals surface area contributed by atoms with Gasteiger partial charge in [-0.15, -0.1) is 0 Å². The quantitative estimate of drug-likeness (QED) is 0.569. The number of phenolic OH excluding ortho intramolecular Hbond substituents is 1. The van der Waals surface area contributed by atoms with Gasteiger partial charge in [0, 0.05) is 31.2 Å². The minimum atomic E-state index is -0.0501. The SMILES string of the molecule is CC1CN(C)CCN1C(=O)c1ccc(N)c(O)c1. The molecule has 0 radical (unpaired) electrons. The van der Waals surface area contributed by atoms with Crippen LogP contribution in [0, 0.1) is 0 Å². The van der Waals surface area contributed by atoms with Crippen molar-refractivity contribution in [1.82, 2.24) is 9.80 Å². The Morgan fingerprint density at radius 3 is 2.78 bits per heavy atom. The fourth-order valence-corrected chi connectivity index (χ4v) is 2.28. The Bertz CT molecular complexity index is 462. The number of benzene rings is 1. The lowest BCUT2D eigenvalue weighted by Crippen LogP contribution is -2.52. The molecular weight excluding hydrogens is 230 g/mol. The third kappa shape index (κ3) is 2.41. The molecule has 1 aliphatic rings. The molecule has 1 aromatic carbocycles. The number of carbonyl (C=O) groups excluding carboxylic acids is 1. The smallest absolute Gasteiger partial charge is 0.254 e. The molecule has 0 aliphatic carbocycles. The van der Waals surface area contributed by atoms with Crippen LogP contribution < -0.4 is 5.73 Å². The Balaban J connectivity index is 2.18. The molecule has 3 N–H and O–H groups in total. The summed E-state index contributed by atoms with van der Waals surface area (Å²) < 4.78 is 0. The van der Waals surface area contributed by atoms with Gasteiger partial charge in [0.2, 0.25) is 0 Å². The van der Waals surface area contributed by atoms with E-state index in [9.17, 15) is 9.90 Å². The minimum absolute atomic E-state index is 0.0392.